The summed E-state index contributed by atoms with van der Waals surface area (Å²) in [6.07, 6.45) is 4.60. The van der Waals surface area contributed by atoms with Crippen LogP contribution in [0, 0.1) is 0 Å². The first kappa shape index (κ1) is 15.7. The summed E-state index contributed by atoms with van der Waals surface area (Å²) in [6.45, 7) is 2.34. The van der Waals surface area contributed by atoms with Gasteiger partial charge in [-0.15, -0.1) is 11.8 Å². The molecule has 0 amide bonds. The van der Waals surface area contributed by atoms with E-state index in [-0.39, 0.29) is 12.1 Å². The molecule has 0 aromatic heterocycles. The maximum Gasteiger partial charge on any atom is 0.132 e. The third kappa shape index (κ3) is 4.69. The highest BCUT2D eigenvalue weighted by atomic mass is 32.2. The van der Waals surface area contributed by atoms with Crippen molar-refractivity contribution < 1.29 is 9.84 Å². The van der Waals surface area contributed by atoms with Crippen LogP contribution >= 0.6 is 11.8 Å². The average molecular weight is 295 g/mol. The van der Waals surface area contributed by atoms with Crippen molar-refractivity contribution in [2.24, 2.45) is 0 Å². The SMILES string of the molecule is COc1ccccc1SCCCC(C)(CO)NC1CC1. The second-order valence-corrected chi connectivity index (χ2v) is 6.88. The van der Waals surface area contributed by atoms with Gasteiger partial charge in [0, 0.05) is 16.5 Å². The molecule has 0 heterocycles. The topological polar surface area (TPSA) is 41.5 Å². The Labute approximate surface area is 126 Å². The standard InChI is InChI=1S/C16H25NO2S/c1-16(12-18,17-13-8-9-13)10-5-11-20-15-7-4-3-6-14(15)19-2/h3-4,6-7,13,17-18H,5,8-12H2,1-2H3. The molecule has 2 rings (SSSR count). The lowest BCUT2D eigenvalue weighted by molar-refractivity contribution is 0.163. The maximum absolute atomic E-state index is 9.57. The zero-order chi connectivity index (χ0) is 14.4. The number of hydrogen-bond donors (Lipinski definition) is 2. The van der Waals surface area contributed by atoms with Crippen LogP contribution in [-0.2, 0) is 0 Å². The smallest absolute Gasteiger partial charge is 0.132 e. The Morgan fingerprint density at radius 3 is 2.80 bits per heavy atom. The number of hydrogen-bond acceptors (Lipinski definition) is 4. The number of aliphatic hydroxyl groups excluding tert-OH is 1. The van der Waals surface area contributed by atoms with Crippen molar-refractivity contribution in [1.29, 1.82) is 0 Å². The van der Waals surface area contributed by atoms with Gasteiger partial charge in [-0.1, -0.05) is 12.1 Å². The molecule has 1 atom stereocenters. The molecule has 1 saturated carbocycles. The molecule has 1 unspecified atom stereocenters. The fraction of sp³-hybridized carbons (Fsp3) is 0.625. The Morgan fingerprint density at radius 1 is 1.40 bits per heavy atom. The fourth-order valence-corrected chi connectivity index (χ4v) is 3.28. The lowest BCUT2D eigenvalue weighted by atomic mass is 9.97. The van der Waals surface area contributed by atoms with Crippen molar-refractivity contribution in [3.05, 3.63) is 24.3 Å². The third-order valence-corrected chi connectivity index (χ3v) is 4.82. The number of nitrogens with one attached hydrogen (secondary N) is 1. The number of ether oxygens (including phenoxy) is 1. The second kappa shape index (κ2) is 7.34. The summed E-state index contributed by atoms with van der Waals surface area (Å²) in [7, 11) is 1.71. The quantitative estimate of drug-likeness (QED) is 0.543. The molecule has 1 aromatic rings. The van der Waals surface area contributed by atoms with Crippen LogP contribution in [-0.4, -0.2) is 36.2 Å². The minimum absolute atomic E-state index is 0.123. The van der Waals surface area contributed by atoms with Gasteiger partial charge in [-0.25, -0.2) is 0 Å². The molecule has 3 nitrogen and oxygen atoms in total. The predicted octanol–water partition coefficient (Wildman–Crippen LogP) is 3.07. The molecular weight excluding hydrogens is 270 g/mol. The first-order chi connectivity index (χ1) is 9.67. The normalized spacial score (nSPS) is 17.8. The first-order valence-corrected chi connectivity index (χ1v) is 8.30. The highest BCUT2D eigenvalue weighted by Gasteiger charge is 2.31. The third-order valence-electron chi connectivity index (χ3n) is 3.68. The molecule has 1 aromatic carbocycles. The van der Waals surface area contributed by atoms with Gasteiger partial charge in [0.1, 0.15) is 5.75 Å². The van der Waals surface area contributed by atoms with Gasteiger partial charge >= 0.3 is 0 Å². The van der Waals surface area contributed by atoms with Gasteiger partial charge in [0.2, 0.25) is 0 Å². The van der Waals surface area contributed by atoms with Crippen molar-refractivity contribution in [2.75, 3.05) is 19.5 Å². The Hall–Kier alpha value is -0.710. The number of benzene rings is 1. The number of methoxy groups -OCH3 is 1. The molecule has 112 valence electrons. The zero-order valence-corrected chi connectivity index (χ0v) is 13.2. The van der Waals surface area contributed by atoms with Gasteiger partial charge < -0.3 is 15.2 Å². The van der Waals surface area contributed by atoms with Crippen LogP contribution in [0.4, 0.5) is 0 Å². The molecular formula is C16H25NO2S. The molecule has 1 fully saturated rings. The largest absolute Gasteiger partial charge is 0.496 e. The summed E-state index contributed by atoms with van der Waals surface area (Å²) >= 11 is 1.82. The van der Waals surface area contributed by atoms with E-state index < -0.39 is 0 Å². The zero-order valence-electron chi connectivity index (χ0n) is 12.4. The Bertz CT molecular complexity index is 423. The van der Waals surface area contributed by atoms with Crippen LogP contribution in [0.25, 0.3) is 0 Å². The molecule has 0 saturated heterocycles. The second-order valence-electron chi connectivity index (χ2n) is 5.74. The monoisotopic (exact) mass is 295 g/mol. The summed E-state index contributed by atoms with van der Waals surface area (Å²) in [4.78, 5) is 1.19. The molecule has 20 heavy (non-hydrogen) atoms. The Balaban J connectivity index is 1.74. The summed E-state index contributed by atoms with van der Waals surface area (Å²) < 4.78 is 5.35. The molecule has 4 heteroatoms. The molecule has 0 spiro atoms. The van der Waals surface area contributed by atoms with Gasteiger partial charge in [0.25, 0.3) is 0 Å². The van der Waals surface area contributed by atoms with E-state index in [1.54, 1.807) is 7.11 Å². The summed E-state index contributed by atoms with van der Waals surface area (Å²) in [5.74, 6) is 1.99. The van der Waals surface area contributed by atoms with Crippen LogP contribution in [0.3, 0.4) is 0 Å². The lowest BCUT2D eigenvalue weighted by Crippen LogP contribution is -2.46. The van der Waals surface area contributed by atoms with Gasteiger partial charge in [-0.3, -0.25) is 0 Å². The van der Waals surface area contributed by atoms with Crippen molar-refractivity contribution in [1.82, 2.24) is 5.32 Å². The van der Waals surface area contributed by atoms with E-state index in [9.17, 15) is 5.11 Å². The number of para-hydroxylation sites is 1. The van der Waals surface area contributed by atoms with E-state index in [2.05, 4.69) is 18.3 Å². The molecule has 1 aliphatic carbocycles. The van der Waals surface area contributed by atoms with Crippen molar-refractivity contribution in [3.63, 3.8) is 0 Å². The number of aliphatic hydroxyl groups is 1. The van der Waals surface area contributed by atoms with E-state index in [0.717, 1.165) is 24.3 Å². The number of thioether (sulfide) groups is 1. The lowest BCUT2D eigenvalue weighted by Gasteiger charge is -2.29. The van der Waals surface area contributed by atoms with Gasteiger partial charge in [-0.2, -0.15) is 0 Å². The minimum Gasteiger partial charge on any atom is -0.496 e. The molecule has 0 bridgehead atoms. The summed E-state index contributed by atoms with van der Waals surface area (Å²) in [5.41, 5.74) is -0.123. The van der Waals surface area contributed by atoms with Crippen LogP contribution in [0.5, 0.6) is 5.75 Å². The summed E-state index contributed by atoms with van der Waals surface area (Å²) in [5, 5.41) is 13.1. The Kier molecular flexibility index (Phi) is 5.75. The van der Waals surface area contributed by atoms with Gasteiger partial charge in [-0.05, 0) is 50.5 Å². The van der Waals surface area contributed by atoms with E-state index in [1.807, 2.05) is 30.0 Å². The highest BCUT2D eigenvalue weighted by molar-refractivity contribution is 7.99. The maximum atomic E-state index is 9.57. The van der Waals surface area contributed by atoms with E-state index in [1.165, 1.54) is 17.7 Å². The average Bonchev–Trinajstić information content (AvgIpc) is 3.28. The van der Waals surface area contributed by atoms with Crippen LogP contribution in [0.2, 0.25) is 0 Å². The molecule has 1 aliphatic rings. The van der Waals surface area contributed by atoms with Crippen molar-refractivity contribution in [2.45, 2.75) is 49.1 Å². The van der Waals surface area contributed by atoms with Gasteiger partial charge in [0.05, 0.1) is 13.7 Å². The van der Waals surface area contributed by atoms with E-state index in [4.69, 9.17) is 4.74 Å². The molecule has 0 radical (unpaired) electrons. The van der Waals surface area contributed by atoms with Crippen molar-refractivity contribution in [3.8, 4) is 5.75 Å². The fourth-order valence-electron chi connectivity index (χ4n) is 2.30. The highest BCUT2D eigenvalue weighted by Crippen LogP contribution is 2.30. The minimum atomic E-state index is -0.123. The van der Waals surface area contributed by atoms with E-state index >= 15 is 0 Å². The van der Waals surface area contributed by atoms with Crippen LogP contribution in [0.1, 0.15) is 32.6 Å². The van der Waals surface area contributed by atoms with Gasteiger partial charge in [0.15, 0.2) is 0 Å². The first-order valence-electron chi connectivity index (χ1n) is 7.31. The predicted molar refractivity (Wildman–Crippen MR) is 84.6 cm³/mol. The molecule has 0 aliphatic heterocycles. The summed E-state index contributed by atoms with van der Waals surface area (Å²) in [6, 6.07) is 8.75. The van der Waals surface area contributed by atoms with Crippen LogP contribution in [0.15, 0.2) is 29.2 Å². The van der Waals surface area contributed by atoms with E-state index in [0.29, 0.717) is 6.04 Å². The van der Waals surface area contributed by atoms with Crippen LogP contribution < -0.4 is 10.1 Å². The molecule has 2 N–H and O–H groups in total. The number of rotatable bonds is 9. The van der Waals surface area contributed by atoms with Crippen molar-refractivity contribution >= 4 is 11.8 Å². The Morgan fingerprint density at radius 2 is 2.15 bits per heavy atom.